The van der Waals surface area contributed by atoms with Gasteiger partial charge in [0.05, 0.1) is 6.54 Å². The predicted molar refractivity (Wildman–Crippen MR) is 84.4 cm³/mol. The van der Waals surface area contributed by atoms with Crippen LogP contribution < -0.4 is 5.32 Å². The summed E-state index contributed by atoms with van der Waals surface area (Å²) in [4.78, 5) is 0. The van der Waals surface area contributed by atoms with Crippen LogP contribution in [-0.2, 0) is 6.54 Å². The highest BCUT2D eigenvalue weighted by atomic mass is 127. The van der Waals surface area contributed by atoms with E-state index in [2.05, 4.69) is 68.1 Å². The maximum Gasteiger partial charge on any atom is 0.134 e. The summed E-state index contributed by atoms with van der Waals surface area (Å²) in [6.45, 7) is 0.832. The Morgan fingerprint density at radius 3 is 2.83 bits per heavy atom. The molecule has 0 bridgehead atoms. The van der Waals surface area contributed by atoms with Crippen molar-refractivity contribution >= 4 is 38.5 Å². The van der Waals surface area contributed by atoms with Gasteiger partial charge in [-0.3, -0.25) is 0 Å². The SMILES string of the molecule is Brc1ccc(-c2ccc(CNC3CC3)o2)cc1I. The molecular weight excluding hydrogens is 405 g/mol. The summed E-state index contributed by atoms with van der Waals surface area (Å²) in [5.74, 6) is 1.95. The van der Waals surface area contributed by atoms with E-state index in [0.717, 1.165) is 28.1 Å². The molecule has 94 valence electrons. The molecule has 0 radical (unpaired) electrons. The van der Waals surface area contributed by atoms with Crippen LogP contribution in [0.25, 0.3) is 11.3 Å². The van der Waals surface area contributed by atoms with Gasteiger partial charge in [-0.1, -0.05) is 6.07 Å². The van der Waals surface area contributed by atoms with Gasteiger partial charge in [0.2, 0.25) is 0 Å². The molecule has 3 rings (SSSR count). The zero-order valence-corrected chi connectivity index (χ0v) is 13.5. The van der Waals surface area contributed by atoms with Crippen LogP contribution >= 0.6 is 38.5 Å². The van der Waals surface area contributed by atoms with Crippen molar-refractivity contribution < 1.29 is 4.42 Å². The Kier molecular flexibility index (Phi) is 3.77. The van der Waals surface area contributed by atoms with E-state index >= 15 is 0 Å². The number of benzene rings is 1. The molecule has 0 spiro atoms. The van der Waals surface area contributed by atoms with Crippen molar-refractivity contribution in [2.45, 2.75) is 25.4 Å². The molecule has 0 unspecified atom stereocenters. The van der Waals surface area contributed by atoms with Crippen molar-refractivity contribution in [3.05, 3.63) is 44.1 Å². The highest BCUT2D eigenvalue weighted by Crippen LogP contribution is 2.28. The minimum atomic E-state index is 0.715. The maximum absolute atomic E-state index is 5.86. The molecule has 0 amide bonds. The fourth-order valence-electron chi connectivity index (χ4n) is 1.81. The molecule has 0 aliphatic heterocycles. The van der Waals surface area contributed by atoms with Crippen LogP contribution in [0.4, 0.5) is 0 Å². The van der Waals surface area contributed by atoms with Crippen molar-refractivity contribution in [1.82, 2.24) is 5.32 Å². The third kappa shape index (κ3) is 2.97. The van der Waals surface area contributed by atoms with E-state index < -0.39 is 0 Å². The van der Waals surface area contributed by atoms with Gasteiger partial charge in [0.25, 0.3) is 0 Å². The normalized spacial score (nSPS) is 15.0. The topological polar surface area (TPSA) is 25.2 Å². The number of nitrogens with one attached hydrogen (secondary N) is 1. The largest absolute Gasteiger partial charge is 0.460 e. The van der Waals surface area contributed by atoms with Gasteiger partial charge in [-0.05, 0) is 75.6 Å². The zero-order valence-electron chi connectivity index (χ0n) is 9.75. The predicted octanol–water partition coefficient (Wildman–Crippen LogP) is 4.57. The second-order valence-electron chi connectivity index (χ2n) is 4.55. The van der Waals surface area contributed by atoms with E-state index in [-0.39, 0.29) is 0 Å². The highest BCUT2D eigenvalue weighted by Gasteiger charge is 2.20. The molecule has 18 heavy (non-hydrogen) atoms. The Balaban J connectivity index is 1.76. The average molecular weight is 418 g/mol. The molecule has 2 nitrogen and oxygen atoms in total. The molecule has 1 aromatic carbocycles. The molecule has 4 heteroatoms. The highest BCUT2D eigenvalue weighted by molar-refractivity contribution is 14.1. The van der Waals surface area contributed by atoms with Crippen LogP contribution in [0.3, 0.4) is 0 Å². The van der Waals surface area contributed by atoms with E-state index in [4.69, 9.17) is 4.42 Å². The molecule has 1 fully saturated rings. The van der Waals surface area contributed by atoms with Crippen LogP contribution in [-0.4, -0.2) is 6.04 Å². The van der Waals surface area contributed by atoms with E-state index in [1.54, 1.807) is 0 Å². The second kappa shape index (κ2) is 5.35. The first kappa shape index (κ1) is 12.7. The summed E-state index contributed by atoms with van der Waals surface area (Å²) >= 11 is 5.82. The minimum absolute atomic E-state index is 0.715. The molecule has 1 aliphatic rings. The Bertz CT molecular complexity index is 563. The molecular formula is C14H13BrINO. The summed E-state index contributed by atoms with van der Waals surface area (Å²) in [6.07, 6.45) is 2.61. The van der Waals surface area contributed by atoms with Crippen molar-refractivity contribution in [3.8, 4) is 11.3 Å². The fourth-order valence-corrected chi connectivity index (χ4v) is 2.57. The number of furan rings is 1. The van der Waals surface area contributed by atoms with Gasteiger partial charge in [0, 0.05) is 19.6 Å². The van der Waals surface area contributed by atoms with Gasteiger partial charge >= 0.3 is 0 Å². The van der Waals surface area contributed by atoms with E-state index in [1.165, 1.54) is 16.4 Å². The summed E-state index contributed by atoms with van der Waals surface area (Å²) in [5.41, 5.74) is 1.13. The summed E-state index contributed by atoms with van der Waals surface area (Å²) < 4.78 is 8.17. The fraction of sp³-hybridized carbons (Fsp3) is 0.286. The first-order valence-corrected chi connectivity index (χ1v) is 7.87. The molecule has 1 aliphatic carbocycles. The average Bonchev–Trinajstić information content (AvgIpc) is 3.08. The van der Waals surface area contributed by atoms with Crippen molar-refractivity contribution in [1.29, 1.82) is 0 Å². The van der Waals surface area contributed by atoms with Gasteiger partial charge < -0.3 is 9.73 Å². The molecule has 1 saturated carbocycles. The third-order valence-electron chi connectivity index (χ3n) is 3.01. The number of hydrogen-bond acceptors (Lipinski definition) is 2. The first-order chi connectivity index (χ1) is 8.72. The lowest BCUT2D eigenvalue weighted by Crippen LogP contribution is -2.14. The summed E-state index contributed by atoms with van der Waals surface area (Å²) in [7, 11) is 0. The van der Waals surface area contributed by atoms with Crippen molar-refractivity contribution in [2.24, 2.45) is 0 Å². The molecule has 1 heterocycles. The first-order valence-electron chi connectivity index (χ1n) is 6.00. The lowest BCUT2D eigenvalue weighted by molar-refractivity contribution is 0.492. The second-order valence-corrected chi connectivity index (χ2v) is 6.57. The van der Waals surface area contributed by atoms with Gasteiger partial charge in [-0.15, -0.1) is 0 Å². The van der Waals surface area contributed by atoms with Gasteiger partial charge in [0.1, 0.15) is 11.5 Å². The Morgan fingerprint density at radius 2 is 2.11 bits per heavy atom. The quantitative estimate of drug-likeness (QED) is 0.737. The van der Waals surface area contributed by atoms with Crippen LogP contribution in [0.1, 0.15) is 18.6 Å². The lowest BCUT2D eigenvalue weighted by Gasteiger charge is -2.01. The Hall–Kier alpha value is -0.330. The number of rotatable bonds is 4. The number of hydrogen-bond donors (Lipinski definition) is 1. The maximum atomic E-state index is 5.86. The van der Waals surface area contributed by atoms with Crippen LogP contribution in [0.2, 0.25) is 0 Å². The van der Waals surface area contributed by atoms with Gasteiger partial charge in [0.15, 0.2) is 0 Å². The van der Waals surface area contributed by atoms with E-state index in [9.17, 15) is 0 Å². The van der Waals surface area contributed by atoms with Crippen molar-refractivity contribution in [2.75, 3.05) is 0 Å². The van der Waals surface area contributed by atoms with E-state index in [1.807, 2.05) is 6.07 Å². The molecule has 0 saturated heterocycles. The molecule has 2 aromatic rings. The van der Waals surface area contributed by atoms with Crippen molar-refractivity contribution in [3.63, 3.8) is 0 Å². The Labute approximate surface area is 128 Å². The summed E-state index contributed by atoms with van der Waals surface area (Å²) in [5, 5.41) is 3.46. The molecule has 1 N–H and O–H groups in total. The van der Waals surface area contributed by atoms with Crippen LogP contribution in [0, 0.1) is 3.57 Å². The number of halogens is 2. The lowest BCUT2D eigenvalue weighted by atomic mass is 10.2. The minimum Gasteiger partial charge on any atom is -0.460 e. The Morgan fingerprint density at radius 1 is 1.28 bits per heavy atom. The van der Waals surface area contributed by atoms with Crippen LogP contribution in [0.5, 0.6) is 0 Å². The monoisotopic (exact) mass is 417 g/mol. The molecule has 0 atom stereocenters. The summed E-state index contributed by atoms with van der Waals surface area (Å²) in [6, 6.07) is 11.1. The molecule has 1 aromatic heterocycles. The van der Waals surface area contributed by atoms with Gasteiger partial charge in [-0.2, -0.15) is 0 Å². The standard InChI is InChI=1S/C14H13BrINO/c15-12-5-1-9(7-13(12)16)14-6-4-11(18-14)8-17-10-2-3-10/h1,4-7,10,17H,2-3,8H2. The van der Waals surface area contributed by atoms with Crippen LogP contribution in [0.15, 0.2) is 39.2 Å². The third-order valence-corrected chi connectivity index (χ3v) is 5.33. The zero-order chi connectivity index (χ0) is 12.5. The smallest absolute Gasteiger partial charge is 0.134 e. The van der Waals surface area contributed by atoms with Gasteiger partial charge in [-0.25, -0.2) is 0 Å². The van der Waals surface area contributed by atoms with E-state index in [0.29, 0.717) is 6.04 Å².